The van der Waals surface area contributed by atoms with Gasteiger partial charge in [-0.1, -0.05) is 67.0 Å². The molecular weight excluding hydrogens is 987 g/mol. The lowest BCUT2D eigenvalue weighted by atomic mass is 9.94. The van der Waals surface area contributed by atoms with Gasteiger partial charge in [0, 0.05) is 69.2 Å². The molecule has 73 heavy (non-hydrogen) atoms. The third-order valence-corrected chi connectivity index (χ3v) is 14.0. The second-order valence-electron chi connectivity index (χ2n) is 17.8. The zero-order valence-corrected chi connectivity index (χ0v) is 45.0. The third-order valence-electron chi connectivity index (χ3n) is 11.4. The molecule has 0 spiro atoms. The van der Waals surface area contributed by atoms with Gasteiger partial charge in [-0.15, -0.1) is 0 Å². The summed E-state index contributed by atoms with van der Waals surface area (Å²) in [5, 5.41) is 26.8. The highest BCUT2D eigenvalue weighted by Gasteiger charge is 2.22. The van der Waals surface area contributed by atoms with Gasteiger partial charge in [0.25, 0.3) is 0 Å². The second-order valence-corrected chi connectivity index (χ2v) is 20.5. The van der Waals surface area contributed by atoms with Gasteiger partial charge in [0.05, 0.1) is 57.2 Å². The van der Waals surface area contributed by atoms with Crippen molar-refractivity contribution in [3.05, 3.63) is 29.8 Å². The maximum atomic E-state index is 12.5. The molecule has 1 rings (SSSR count). The highest BCUT2D eigenvalue weighted by Crippen LogP contribution is 2.25. The Bertz CT molecular complexity index is 1770. The Morgan fingerprint density at radius 1 is 0.548 bits per heavy atom. The number of rotatable bonds is 50. The first-order valence-electron chi connectivity index (χ1n) is 25.7. The molecular formula is C52H83N3O16S2. The summed E-state index contributed by atoms with van der Waals surface area (Å²) in [6.45, 7) is 7.30. The van der Waals surface area contributed by atoms with Crippen molar-refractivity contribution in [2.45, 2.75) is 142 Å². The number of aromatic carboxylic acids is 1. The van der Waals surface area contributed by atoms with Crippen LogP contribution in [0.15, 0.2) is 24.3 Å². The highest BCUT2D eigenvalue weighted by atomic mass is 33.1. The molecule has 3 atom stereocenters. The van der Waals surface area contributed by atoms with Gasteiger partial charge in [0.15, 0.2) is 11.6 Å². The van der Waals surface area contributed by atoms with E-state index in [1.807, 2.05) is 6.92 Å². The van der Waals surface area contributed by atoms with Crippen molar-refractivity contribution in [1.82, 2.24) is 16.0 Å². The number of carbonyl (C=O) groups is 9. The predicted octanol–water partition coefficient (Wildman–Crippen LogP) is 6.60. The number of unbranched alkanes of at least 4 members (excludes halogenated alkanes) is 8. The highest BCUT2D eigenvalue weighted by molar-refractivity contribution is 8.76. The lowest BCUT2D eigenvalue weighted by Crippen LogP contribution is -2.40. The van der Waals surface area contributed by atoms with E-state index in [1.54, 1.807) is 29.9 Å². The smallest absolute Gasteiger partial charge is 0.335 e. The Labute approximate surface area is 439 Å². The van der Waals surface area contributed by atoms with Crippen LogP contribution in [0.2, 0.25) is 0 Å². The van der Waals surface area contributed by atoms with Crippen LogP contribution in [0.4, 0.5) is 0 Å². The number of hydrogen-bond acceptors (Lipinski definition) is 16. The molecule has 0 heterocycles. The van der Waals surface area contributed by atoms with Crippen LogP contribution in [0, 0.1) is 11.8 Å². The molecule has 3 amide bonds. The first kappa shape index (κ1) is 66.6. The number of Topliss-reactive ketones (excluding diaryl/α,β-unsaturated/α-hetero) is 4. The lowest BCUT2D eigenvalue weighted by Gasteiger charge is -2.16. The number of benzene rings is 1. The first-order chi connectivity index (χ1) is 35.1. The molecule has 0 radical (unpaired) electrons. The number of amides is 3. The van der Waals surface area contributed by atoms with E-state index in [4.69, 9.17) is 28.8 Å². The van der Waals surface area contributed by atoms with E-state index in [2.05, 4.69) is 16.0 Å². The van der Waals surface area contributed by atoms with Crippen LogP contribution in [0.25, 0.3) is 0 Å². The number of ketones is 4. The van der Waals surface area contributed by atoms with Crippen LogP contribution in [0.1, 0.15) is 147 Å². The minimum atomic E-state index is -1.09. The third kappa shape index (κ3) is 38.8. The van der Waals surface area contributed by atoms with E-state index in [1.165, 1.54) is 29.9 Å². The summed E-state index contributed by atoms with van der Waals surface area (Å²) < 4.78 is 27.3. The number of ether oxygens (including phenoxy) is 5. The molecule has 0 aliphatic heterocycles. The fourth-order valence-electron chi connectivity index (χ4n) is 6.81. The van der Waals surface area contributed by atoms with Crippen molar-refractivity contribution in [2.75, 3.05) is 84.1 Å². The van der Waals surface area contributed by atoms with E-state index >= 15 is 0 Å². The van der Waals surface area contributed by atoms with E-state index in [0.29, 0.717) is 75.5 Å². The van der Waals surface area contributed by atoms with Crippen LogP contribution in [0.3, 0.4) is 0 Å². The molecule has 1 aromatic rings. The van der Waals surface area contributed by atoms with Crippen molar-refractivity contribution < 1.29 is 77.0 Å². The molecule has 1 aromatic carbocycles. The van der Waals surface area contributed by atoms with Crippen LogP contribution in [-0.2, 0) is 57.3 Å². The molecule has 19 nitrogen and oxygen atoms in total. The Balaban J connectivity index is 1.95. The average Bonchev–Trinajstić information content (AvgIpc) is 3.35. The van der Waals surface area contributed by atoms with Gasteiger partial charge in [-0.3, -0.25) is 38.4 Å². The van der Waals surface area contributed by atoms with Crippen molar-refractivity contribution in [3.8, 4) is 5.75 Å². The van der Waals surface area contributed by atoms with Crippen molar-refractivity contribution in [2.24, 2.45) is 11.8 Å². The molecule has 414 valence electrons. The van der Waals surface area contributed by atoms with E-state index in [9.17, 15) is 48.3 Å². The largest absolute Gasteiger partial charge is 0.494 e. The molecule has 5 N–H and O–H groups in total. The summed E-state index contributed by atoms with van der Waals surface area (Å²) in [7, 11) is 3.09. The molecule has 0 unspecified atom stereocenters. The van der Waals surface area contributed by atoms with Crippen LogP contribution < -0.4 is 20.7 Å². The Morgan fingerprint density at radius 2 is 1.16 bits per heavy atom. The summed E-state index contributed by atoms with van der Waals surface area (Å²) in [6, 6.07) is 5.77. The van der Waals surface area contributed by atoms with Gasteiger partial charge < -0.3 is 49.8 Å². The van der Waals surface area contributed by atoms with Crippen molar-refractivity contribution >= 4 is 74.4 Å². The zero-order chi connectivity index (χ0) is 53.9. The lowest BCUT2D eigenvalue weighted by molar-refractivity contribution is -0.144. The number of carbonyl (C=O) groups excluding carboxylic acids is 7. The number of carboxylic acids is 2. The van der Waals surface area contributed by atoms with E-state index in [0.717, 1.165) is 44.9 Å². The van der Waals surface area contributed by atoms with Gasteiger partial charge in [0.1, 0.15) is 30.5 Å². The number of carboxylic acid groups (broad SMARTS) is 2. The zero-order valence-electron chi connectivity index (χ0n) is 43.4. The molecule has 0 aliphatic carbocycles. The average molecular weight is 1070 g/mol. The molecule has 0 fully saturated rings. The maximum Gasteiger partial charge on any atom is 0.335 e. The molecule has 0 bridgehead atoms. The summed E-state index contributed by atoms with van der Waals surface area (Å²) in [5.74, 6) is -2.05. The summed E-state index contributed by atoms with van der Waals surface area (Å²) in [5.41, 5.74) is 0.223. The minimum absolute atomic E-state index is 0.0209. The van der Waals surface area contributed by atoms with Crippen LogP contribution in [0.5, 0.6) is 5.75 Å². The number of hydrogen-bond donors (Lipinski definition) is 5. The minimum Gasteiger partial charge on any atom is -0.494 e. The topological polar surface area (TPSA) is 276 Å². The van der Waals surface area contributed by atoms with E-state index < -0.39 is 23.9 Å². The Morgan fingerprint density at radius 3 is 1.82 bits per heavy atom. The summed E-state index contributed by atoms with van der Waals surface area (Å²) in [6.07, 6.45) is 10.8. The molecule has 21 heteroatoms. The fourth-order valence-corrected chi connectivity index (χ4v) is 9.23. The number of aliphatic carboxylic acids is 1. The van der Waals surface area contributed by atoms with E-state index in [-0.39, 0.29) is 137 Å². The second kappa shape index (κ2) is 43.9. The molecule has 0 aromatic heterocycles. The number of nitrogens with one attached hydrogen (secondary N) is 3. The first-order valence-corrected chi connectivity index (χ1v) is 28.2. The summed E-state index contributed by atoms with van der Waals surface area (Å²) in [4.78, 5) is 107. The maximum absolute atomic E-state index is 12.5. The SMILES string of the molecule is CC(=O)[C@H](CCCCNC(=O)COCCOCCCC(=O)COCCOCCNC(=O)CC[C@H](CC(=O)CCCCCCCCCCOc1ccc(C(=O)O)cc1)C(=O)O)NC(=O)CCSSC[C@H](C)C(C)=O. The van der Waals surface area contributed by atoms with Gasteiger partial charge >= 0.3 is 11.9 Å². The summed E-state index contributed by atoms with van der Waals surface area (Å²) >= 11 is 0. The van der Waals surface area contributed by atoms with Crippen LogP contribution >= 0.6 is 21.6 Å². The van der Waals surface area contributed by atoms with Gasteiger partial charge in [-0.2, -0.15) is 0 Å². The Hall–Kier alpha value is -4.41. The molecule has 0 saturated heterocycles. The normalized spacial score (nSPS) is 12.3. The van der Waals surface area contributed by atoms with Crippen LogP contribution in [-0.4, -0.2) is 153 Å². The van der Waals surface area contributed by atoms with Gasteiger partial charge in [0.2, 0.25) is 17.7 Å². The monoisotopic (exact) mass is 1070 g/mol. The van der Waals surface area contributed by atoms with Gasteiger partial charge in [-0.05, 0) is 83.1 Å². The fraction of sp³-hybridized carbons (Fsp3) is 0.712. The van der Waals surface area contributed by atoms with Crippen molar-refractivity contribution in [1.29, 1.82) is 0 Å². The van der Waals surface area contributed by atoms with Gasteiger partial charge in [-0.25, -0.2) is 4.79 Å². The predicted molar refractivity (Wildman–Crippen MR) is 280 cm³/mol. The molecule has 0 aliphatic rings. The quantitative estimate of drug-likeness (QED) is 0.0339. The Kier molecular flexibility index (Phi) is 40.1. The standard InChI is InChI=1S/C52H83N3O16S2/c1-39(40(2)56)38-73-72-34-24-49(61)55-47(41(3)57)17-11-12-25-53-50(62)37-70-33-30-67-27-14-16-45(59)36-69-32-31-68-29-26-54-48(60)23-20-43(52(65)66)35-44(58)15-10-8-6-4-5-7-9-13-28-71-46-21-18-42(19-22-46)51(63)64/h18-19,21-22,39,43,47H,4-17,20,23-38H2,1-3H3,(H,53,62)(H,54,60)(H,55,61)(H,63,64)(H,65,66)/t39-,43+,47-/m0/s1. The molecule has 0 saturated carbocycles. The van der Waals surface area contributed by atoms with Crippen molar-refractivity contribution in [3.63, 3.8) is 0 Å².